The van der Waals surface area contributed by atoms with Crippen molar-refractivity contribution in [1.29, 1.82) is 0 Å². The quantitative estimate of drug-likeness (QED) is 0.535. The van der Waals surface area contributed by atoms with E-state index in [0.717, 1.165) is 34.8 Å². The van der Waals surface area contributed by atoms with Gasteiger partial charge in [-0.3, -0.25) is 4.79 Å². The average molecular weight is 396 g/mol. The number of para-hydroxylation sites is 2. The van der Waals surface area contributed by atoms with Gasteiger partial charge >= 0.3 is 0 Å². The number of nitrogens with zero attached hydrogens (tertiary/aromatic N) is 7. The zero-order valence-electron chi connectivity index (χ0n) is 15.9. The minimum Gasteiger partial charge on any atom is -0.343 e. The Morgan fingerprint density at radius 2 is 2.04 bits per heavy atom. The van der Waals surface area contributed by atoms with Crippen molar-refractivity contribution in [1.82, 2.24) is 38.6 Å². The molecular formula is C18H20N8OS. The van der Waals surface area contributed by atoms with Crippen LogP contribution in [0.1, 0.15) is 40.3 Å². The summed E-state index contributed by atoms with van der Waals surface area (Å²) in [6, 6.07) is 7.94. The van der Waals surface area contributed by atoms with Crippen LogP contribution in [0.2, 0.25) is 0 Å². The third kappa shape index (κ3) is 3.26. The Labute approximate surface area is 165 Å². The van der Waals surface area contributed by atoms with Crippen LogP contribution in [0.5, 0.6) is 0 Å². The standard InChI is InChI=1S/C18H20N8OS/c1-4-25-15-8-6-5-7-13(15)20-16(25)9-19-18(27)17-12(3)26(24-21-17)10-14-11(2)22-28-23-14/h5-8H,4,9-10H2,1-3H3,(H,19,27). The highest BCUT2D eigenvalue weighted by atomic mass is 32.1. The number of imidazole rings is 1. The number of amides is 1. The van der Waals surface area contributed by atoms with E-state index in [9.17, 15) is 4.79 Å². The number of rotatable bonds is 6. The third-order valence-corrected chi connectivity index (χ3v) is 5.36. The van der Waals surface area contributed by atoms with E-state index in [2.05, 4.69) is 40.9 Å². The van der Waals surface area contributed by atoms with Crippen molar-refractivity contribution < 1.29 is 4.79 Å². The molecule has 10 heteroatoms. The molecule has 0 atom stereocenters. The van der Waals surface area contributed by atoms with Crippen LogP contribution in [0, 0.1) is 13.8 Å². The maximum Gasteiger partial charge on any atom is 0.274 e. The van der Waals surface area contributed by atoms with Crippen LogP contribution in [-0.4, -0.2) is 39.2 Å². The SMILES string of the molecule is CCn1c(CNC(=O)c2nnn(Cc3nsnc3C)c2C)nc2ccccc21. The smallest absolute Gasteiger partial charge is 0.274 e. The molecule has 28 heavy (non-hydrogen) atoms. The van der Waals surface area contributed by atoms with E-state index in [1.807, 2.05) is 38.1 Å². The van der Waals surface area contributed by atoms with Gasteiger partial charge in [0.05, 0.1) is 52.9 Å². The maximum atomic E-state index is 12.6. The van der Waals surface area contributed by atoms with Crippen LogP contribution in [0.4, 0.5) is 0 Å². The molecule has 0 spiro atoms. The van der Waals surface area contributed by atoms with E-state index < -0.39 is 0 Å². The van der Waals surface area contributed by atoms with Gasteiger partial charge in [-0.05, 0) is 32.9 Å². The lowest BCUT2D eigenvalue weighted by Gasteiger charge is -2.07. The summed E-state index contributed by atoms with van der Waals surface area (Å²) in [6.07, 6.45) is 0. The van der Waals surface area contributed by atoms with Crippen LogP contribution in [0.15, 0.2) is 24.3 Å². The predicted octanol–water partition coefficient (Wildman–Crippen LogP) is 2.09. The first-order valence-electron chi connectivity index (χ1n) is 8.99. The summed E-state index contributed by atoms with van der Waals surface area (Å²) >= 11 is 1.17. The molecule has 0 radical (unpaired) electrons. The second-order valence-corrected chi connectivity index (χ2v) is 6.95. The lowest BCUT2D eigenvalue weighted by Crippen LogP contribution is -2.26. The fourth-order valence-electron chi connectivity index (χ4n) is 3.11. The molecule has 1 N–H and O–H groups in total. The minimum absolute atomic E-state index is 0.272. The predicted molar refractivity (Wildman–Crippen MR) is 105 cm³/mol. The second kappa shape index (κ2) is 7.47. The van der Waals surface area contributed by atoms with Gasteiger partial charge in [-0.15, -0.1) is 5.10 Å². The Bertz CT molecular complexity index is 1140. The number of fused-ring (bicyclic) bond motifs is 1. The van der Waals surface area contributed by atoms with Gasteiger partial charge in [0.15, 0.2) is 5.69 Å². The van der Waals surface area contributed by atoms with Crippen molar-refractivity contribution in [2.24, 2.45) is 0 Å². The number of benzene rings is 1. The highest BCUT2D eigenvalue weighted by Crippen LogP contribution is 2.16. The molecule has 0 saturated heterocycles. The summed E-state index contributed by atoms with van der Waals surface area (Å²) in [4.78, 5) is 17.3. The molecule has 1 amide bonds. The zero-order chi connectivity index (χ0) is 19.7. The molecule has 0 aliphatic heterocycles. The summed E-state index contributed by atoms with van der Waals surface area (Å²) in [6.45, 7) is 7.33. The first-order chi connectivity index (χ1) is 13.6. The summed E-state index contributed by atoms with van der Waals surface area (Å²) in [5, 5.41) is 11.1. The van der Waals surface area contributed by atoms with Crippen molar-refractivity contribution in [3.05, 3.63) is 52.9 Å². The monoisotopic (exact) mass is 396 g/mol. The number of hydrogen-bond acceptors (Lipinski definition) is 7. The molecule has 0 bridgehead atoms. The molecular weight excluding hydrogens is 376 g/mol. The molecule has 4 rings (SSSR count). The number of carbonyl (C=O) groups excluding carboxylic acids is 1. The van der Waals surface area contributed by atoms with Gasteiger partial charge < -0.3 is 9.88 Å². The number of aromatic nitrogens is 7. The molecule has 0 saturated carbocycles. The van der Waals surface area contributed by atoms with Crippen LogP contribution < -0.4 is 5.32 Å². The first-order valence-corrected chi connectivity index (χ1v) is 9.72. The molecule has 0 aliphatic carbocycles. The van der Waals surface area contributed by atoms with Crippen LogP contribution in [0.3, 0.4) is 0 Å². The lowest BCUT2D eigenvalue weighted by atomic mass is 10.3. The van der Waals surface area contributed by atoms with E-state index in [0.29, 0.717) is 24.5 Å². The lowest BCUT2D eigenvalue weighted by molar-refractivity contribution is 0.0943. The first kappa shape index (κ1) is 18.2. The van der Waals surface area contributed by atoms with Gasteiger partial charge in [0, 0.05) is 6.54 Å². The number of aryl methyl sites for hydroxylation is 2. The highest BCUT2D eigenvalue weighted by Gasteiger charge is 2.18. The van der Waals surface area contributed by atoms with E-state index in [1.165, 1.54) is 11.7 Å². The molecule has 1 aromatic carbocycles. The van der Waals surface area contributed by atoms with Gasteiger partial charge in [-0.25, -0.2) is 9.67 Å². The molecule has 0 fully saturated rings. The van der Waals surface area contributed by atoms with Crippen LogP contribution in [-0.2, 0) is 19.6 Å². The molecule has 4 aromatic rings. The van der Waals surface area contributed by atoms with E-state index in [4.69, 9.17) is 0 Å². The second-order valence-electron chi connectivity index (χ2n) is 6.42. The largest absolute Gasteiger partial charge is 0.343 e. The Hall–Kier alpha value is -3.14. The highest BCUT2D eigenvalue weighted by molar-refractivity contribution is 6.99. The van der Waals surface area contributed by atoms with Gasteiger partial charge in [-0.2, -0.15) is 8.75 Å². The summed E-state index contributed by atoms with van der Waals surface area (Å²) in [5.74, 6) is 0.540. The van der Waals surface area contributed by atoms with Crippen molar-refractivity contribution in [2.75, 3.05) is 0 Å². The van der Waals surface area contributed by atoms with Crippen LogP contribution in [0.25, 0.3) is 11.0 Å². The molecule has 3 heterocycles. The Kier molecular flexibility index (Phi) is 4.86. The average Bonchev–Trinajstić information content (AvgIpc) is 3.37. The Morgan fingerprint density at radius 3 is 2.79 bits per heavy atom. The van der Waals surface area contributed by atoms with Crippen molar-refractivity contribution in [3.8, 4) is 0 Å². The van der Waals surface area contributed by atoms with Gasteiger partial charge in [-0.1, -0.05) is 17.3 Å². The van der Waals surface area contributed by atoms with Crippen molar-refractivity contribution >= 4 is 28.7 Å². The van der Waals surface area contributed by atoms with Gasteiger partial charge in [0.25, 0.3) is 5.91 Å². The Balaban J connectivity index is 1.50. The van der Waals surface area contributed by atoms with Gasteiger partial charge in [0.2, 0.25) is 0 Å². The van der Waals surface area contributed by atoms with E-state index >= 15 is 0 Å². The summed E-state index contributed by atoms with van der Waals surface area (Å²) in [5.41, 5.74) is 4.67. The fraction of sp³-hybridized carbons (Fsp3) is 0.333. The number of hydrogen-bond donors (Lipinski definition) is 1. The van der Waals surface area contributed by atoms with Crippen molar-refractivity contribution in [2.45, 2.75) is 40.4 Å². The summed E-state index contributed by atoms with van der Waals surface area (Å²) in [7, 11) is 0. The molecule has 3 aromatic heterocycles. The minimum atomic E-state index is -0.272. The number of nitrogens with one attached hydrogen (secondary N) is 1. The van der Waals surface area contributed by atoms with E-state index in [1.54, 1.807) is 4.68 Å². The topological polar surface area (TPSA) is 103 Å². The molecule has 0 unspecified atom stereocenters. The van der Waals surface area contributed by atoms with Crippen molar-refractivity contribution in [3.63, 3.8) is 0 Å². The Morgan fingerprint density at radius 1 is 1.21 bits per heavy atom. The van der Waals surface area contributed by atoms with Gasteiger partial charge in [0.1, 0.15) is 5.82 Å². The number of carbonyl (C=O) groups is 1. The third-order valence-electron chi connectivity index (χ3n) is 4.70. The molecule has 9 nitrogen and oxygen atoms in total. The van der Waals surface area contributed by atoms with E-state index in [-0.39, 0.29) is 5.91 Å². The maximum absolute atomic E-state index is 12.6. The molecule has 144 valence electrons. The molecule has 0 aliphatic rings. The normalized spacial score (nSPS) is 11.2. The summed E-state index contributed by atoms with van der Waals surface area (Å²) < 4.78 is 12.2. The van der Waals surface area contributed by atoms with Crippen LogP contribution >= 0.6 is 11.7 Å². The fourth-order valence-corrected chi connectivity index (χ4v) is 3.67. The zero-order valence-corrected chi connectivity index (χ0v) is 16.7.